The van der Waals surface area contributed by atoms with Crippen molar-refractivity contribution in [1.82, 2.24) is 4.31 Å². The monoisotopic (exact) mass is 177 g/mol. The lowest BCUT2D eigenvalue weighted by Gasteiger charge is -2.26. The van der Waals surface area contributed by atoms with Gasteiger partial charge in [-0.05, 0) is 18.8 Å². The van der Waals surface area contributed by atoms with E-state index in [4.69, 9.17) is 0 Å². The summed E-state index contributed by atoms with van der Waals surface area (Å²) in [5.41, 5.74) is 0. The van der Waals surface area contributed by atoms with Crippen molar-refractivity contribution in [3.05, 3.63) is 0 Å². The average Bonchev–Trinajstić information content (AvgIpc) is 1.79. The van der Waals surface area contributed by atoms with E-state index in [0.29, 0.717) is 11.7 Å². The summed E-state index contributed by atoms with van der Waals surface area (Å²) in [6, 6.07) is 0. The summed E-state index contributed by atoms with van der Waals surface area (Å²) < 4.78 is 23.8. The zero-order valence-electron chi connectivity index (χ0n) is 7.08. The Labute approximate surface area is 68.4 Å². The highest BCUT2D eigenvalue weighted by Crippen LogP contribution is 2.27. The minimum atomic E-state index is -2.92. The second-order valence-corrected chi connectivity index (χ2v) is 5.59. The van der Waals surface area contributed by atoms with Crippen LogP contribution in [-0.2, 0) is 10.0 Å². The van der Waals surface area contributed by atoms with Crippen molar-refractivity contribution in [3.63, 3.8) is 0 Å². The first-order valence-electron chi connectivity index (χ1n) is 3.92. The third-order valence-electron chi connectivity index (χ3n) is 2.23. The minimum absolute atomic E-state index is 0.347. The van der Waals surface area contributed by atoms with E-state index in [1.54, 1.807) is 14.1 Å². The standard InChI is InChI=1S/C7H15NO2S/c1-8(2)11(9,10)6-7-4-3-5-7/h7H,3-6H2,1-2H3. The molecule has 0 bridgehead atoms. The van der Waals surface area contributed by atoms with Gasteiger partial charge in [0.05, 0.1) is 5.75 Å². The van der Waals surface area contributed by atoms with Crippen molar-refractivity contribution in [2.75, 3.05) is 19.8 Å². The largest absolute Gasteiger partial charge is 0.213 e. The van der Waals surface area contributed by atoms with E-state index in [9.17, 15) is 8.42 Å². The van der Waals surface area contributed by atoms with E-state index in [1.165, 1.54) is 10.7 Å². The Morgan fingerprint density at radius 1 is 1.36 bits per heavy atom. The molecule has 0 aromatic carbocycles. The molecule has 3 nitrogen and oxygen atoms in total. The Bertz CT molecular complexity index is 217. The van der Waals surface area contributed by atoms with Crippen LogP contribution in [0.15, 0.2) is 0 Å². The molecule has 0 heterocycles. The molecule has 0 unspecified atom stereocenters. The van der Waals surface area contributed by atoms with Crippen LogP contribution in [0.5, 0.6) is 0 Å². The van der Waals surface area contributed by atoms with Crippen LogP contribution in [0.1, 0.15) is 19.3 Å². The molecule has 0 N–H and O–H groups in total. The highest BCUT2D eigenvalue weighted by Gasteiger charge is 2.25. The second kappa shape index (κ2) is 3.11. The van der Waals surface area contributed by atoms with Gasteiger partial charge in [0, 0.05) is 14.1 Å². The smallest absolute Gasteiger partial charge is 0.212 e. The van der Waals surface area contributed by atoms with Gasteiger partial charge in [0.1, 0.15) is 0 Å². The minimum Gasteiger partial charge on any atom is -0.212 e. The third kappa shape index (κ3) is 2.17. The van der Waals surface area contributed by atoms with Gasteiger partial charge in [-0.25, -0.2) is 12.7 Å². The number of sulfonamides is 1. The van der Waals surface area contributed by atoms with Gasteiger partial charge < -0.3 is 0 Å². The van der Waals surface area contributed by atoms with Crippen LogP contribution in [0.2, 0.25) is 0 Å². The first-order valence-corrected chi connectivity index (χ1v) is 5.53. The fraction of sp³-hybridized carbons (Fsp3) is 1.00. The van der Waals surface area contributed by atoms with Crippen LogP contribution in [-0.4, -0.2) is 32.6 Å². The zero-order valence-corrected chi connectivity index (χ0v) is 7.89. The van der Waals surface area contributed by atoms with E-state index in [0.717, 1.165) is 12.8 Å². The molecule has 4 heteroatoms. The molecule has 0 saturated heterocycles. The Kier molecular flexibility index (Phi) is 2.54. The molecule has 1 aliphatic rings. The fourth-order valence-corrected chi connectivity index (χ4v) is 2.33. The van der Waals surface area contributed by atoms with E-state index in [1.807, 2.05) is 0 Å². The van der Waals surface area contributed by atoms with E-state index in [-0.39, 0.29) is 0 Å². The summed E-state index contributed by atoms with van der Waals surface area (Å²) in [5.74, 6) is 0.780. The Morgan fingerprint density at radius 3 is 2.18 bits per heavy atom. The van der Waals surface area contributed by atoms with Gasteiger partial charge in [-0.3, -0.25) is 0 Å². The lowest BCUT2D eigenvalue weighted by atomic mass is 9.87. The molecule has 0 aliphatic heterocycles. The van der Waals surface area contributed by atoms with Crippen molar-refractivity contribution in [2.45, 2.75) is 19.3 Å². The van der Waals surface area contributed by atoms with Gasteiger partial charge in [0.15, 0.2) is 0 Å². The van der Waals surface area contributed by atoms with E-state index < -0.39 is 10.0 Å². The average molecular weight is 177 g/mol. The summed E-state index contributed by atoms with van der Waals surface area (Å²) in [7, 11) is 0.258. The number of nitrogens with zero attached hydrogens (tertiary/aromatic N) is 1. The Balaban J connectivity index is 2.46. The molecule has 0 spiro atoms. The maximum Gasteiger partial charge on any atom is 0.213 e. The number of hydrogen-bond acceptors (Lipinski definition) is 2. The molecular weight excluding hydrogens is 162 g/mol. The molecule has 0 aromatic rings. The molecule has 1 saturated carbocycles. The molecule has 1 fully saturated rings. The second-order valence-electron chi connectivity index (χ2n) is 3.36. The van der Waals surface area contributed by atoms with Gasteiger partial charge in [-0.2, -0.15) is 0 Å². The van der Waals surface area contributed by atoms with Crippen LogP contribution < -0.4 is 0 Å². The fourth-order valence-electron chi connectivity index (χ4n) is 1.11. The molecule has 66 valence electrons. The van der Waals surface area contributed by atoms with Crippen molar-refractivity contribution in [1.29, 1.82) is 0 Å². The lowest BCUT2D eigenvalue weighted by molar-refractivity contribution is 0.342. The molecule has 1 aliphatic carbocycles. The first-order chi connectivity index (χ1) is 5.02. The van der Waals surface area contributed by atoms with Crippen LogP contribution >= 0.6 is 0 Å². The topological polar surface area (TPSA) is 37.4 Å². The molecule has 0 atom stereocenters. The summed E-state index contributed by atoms with van der Waals surface area (Å²) in [6.45, 7) is 0. The molecule has 1 rings (SSSR count). The first kappa shape index (κ1) is 9.00. The van der Waals surface area contributed by atoms with Gasteiger partial charge in [0.25, 0.3) is 0 Å². The van der Waals surface area contributed by atoms with Crippen LogP contribution in [0.4, 0.5) is 0 Å². The van der Waals surface area contributed by atoms with Gasteiger partial charge >= 0.3 is 0 Å². The van der Waals surface area contributed by atoms with Crippen molar-refractivity contribution >= 4 is 10.0 Å². The summed E-state index contributed by atoms with van der Waals surface area (Å²) in [5, 5.41) is 0. The van der Waals surface area contributed by atoms with Crippen LogP contribution in [0, 0.1) is 5.92 Å². The molecule has 0 amide bonds. The summed E-state index contributed by atoms with van der Waals surface area (Å²) >= 11 is 0. The van der Waals surface area contributed by atoms with Gasteiger partial charge in [0.2, 0.25) is 10.0 Å². The molecule has 0 radical (unpaired) electrons. The van der Waals surface area contributed by atoms with E-state index >= 15 is 0 Å². The lowest BCUT2D eigenvalue weighted by Crippen LogP contribution is -2.31. The quantitative estimate of drug-likeness (QED) is 0.635. The summed E-state index contributed by atoms with van der Waals surface area (Å²) in [6.07, 6.45) is 3.38. The predicted octanol–water partition coefficient (Wildman–Crippen LogP) is 0.678. The predicted molar refractivity (Wildman–Crippen MR) is 44.8 cm³/mol. The maximum absolute atomic E-state index is 11.3. The highest BCUT2D eigenvalue weighted by atomic mass is 32.2. The number of hydrogen-bond donors (Lipinski definition) is 0. The SMILES string of the molecule is CN(C)S(=O)(=O)CC1CCC1. The molecule has 0 aromatic heterocycles. The third-order valence-corrected chi connectivity index (χ3v) is 4.23. The van der Waals surface area contributed by atoms with Crippen LogP contribution in [0.3, 0.4) is 0 Å². The Hall–Kier alpha value is -0.0900. The zero-order chi connectivity index (χ0) is 8.48. The van der Waals surface area contributed by atoms with E-state index in [2.05, 4.69) is 0 Å². The van der Waals surface area contributed by atoms with Gasteiger partial charge in [-0.15, -0.1) is 0 Å². The van der Waals surface area contributed by atoms with Crippen molar-refractivity contribution in [2.24, 2.45) is 5.92 Å². The van der Waals surface area contributed by atoms with Crippen molar-refractivity contribution in [3.8, 4) is 0 Å². The Morgan fingerprint density at radius 2 is 1.91 bits per heavy atom. The van der Waals surface area contributed by atoms with Crippen LogP contribution in [0.25, 0.3) is 0 Å². The normalized spacial score (nSPS) is 20.3. The highest BCUT2D eigenvalue weighted by molar-refractivity contribution is 7.89. The maximum atomic E-state index is 11.3. The molecular formula is C7H15NO2S. The summed E-state index contributed by atoms with van der Waals surface area (Å²) in [4.78, 5) is 0. The molecule has 11 heavy (non-hydrogen) atoms. The van der Waals surface area contributed by atoms with Crippen molar-refractivity contribution < 1.29 is 8.42 Å². The van der Waals surface area contributed by atoms with Gasteiger partial charge in [-0.1, -0.05) is 6.42 Å². The number of rotatable bonds is 3.